The van der Waals surface area contributed by atoms with Crippen LogP contribution in [0.1, 0.15) is 5.56 Å². The third-order valence-corrected chi connectivity index (χ3v) is 10.1. The van der Waals surface area contributed by atoms with E-state index < -0.39 is 0 Å². The molecule has 0 bridgehead atoms. The number of aromatic nitrogens is 1. The molecule has 9 rings (SSSR count). The molecule has 0 unspecified atom stereocenters. The average molecular weight is 603 g/mol. The van der Waals surface area contributed by atoms with Crippen molar-refractivity contribution in [2.75, 3.05) is 0 Å². The molecule has 0 aliphatic rings. The van der Waals surface area contributed by atoms with E-state index in [1.165, 1.54) is 36.5 Å². The molecule has 214 valence electrons. The van der Waals surface area contributed by atoms with E-state index in [4.69, 9.17) is 0 Å². The Labute approximate surface area is 270 Å². The summed E-state index contributed by atoms with van der Waals surface area (Å²) in [5, 5.41) is 15.2. The van der Waals surface area contributed by atoms with Crippen LogP contribution in [-0.4, -0.2) is 4.57 Å². The standard InChI is InChI=1S/C43H26N2S/c44-27-28-20-31(25-35(21-28)45-40-15-7-4-12-36(40)37-13-5-8-16-41(37)45)34-23-32(29-10-2-1-3-11-29)22-33(24-34)30-18-19-43-39(26-30)38-14-6-9-17-42(38)46-43/h1-26H. The van der Waals surface area contributed by atoms with Gasteiger partial charge in [-0.15, -0.1) is 11.3 Å². The van der Waals surface area contributed by atoms with Crippen molar-refractivity contribution < 1.29 is 0 Å². The predicted molar refractivity (Wildman–Crippen MR) is 195 cm³/mol. The van der Waals surface area contributed by atoms with Crippen molar-refractivity contribution in [1.29, 1.82) is 5.26 Å². The molecule has 3 heteroatoms. The summed E-state index contributed by atoms with van der Waals surface area (Å²) in [6, 6.07) is 58.5. The average Bonchev–Trinajstić information content (AvgIpc) is 3.67. The fourth-order valence-corrected chi connectivity index (χ4v) is 7.92. The Hall–Kier alpha value is -5.95. The molecular formula is C43H26N2S. The summed E-state index contributed by atoms with van der Waals surface area (Å²) < 4.78 is 4.88. The second-order valence-electron chi connectivity index (χ2n) is 11.7. The molecule has 2 aromatic heterocycles. The first-order valence-corrected chi connectivity index (χ1v) is 16.2. The number of rotatable bonds is 4. The Morgan fingerprint density at radius 2 is 0.978 bits per heavy atom. The van der Waals surface area contributed by atoms with Crippen LogP contribution in [-0.2, 0) is 0 Å². The zero-order chi connectivity index (χ0) is 30.6. The van der Waals surface area contributed by atoms with Crippen LogP contribution in [0.25, 0.3) is 81.0 Å². The van der Waals surface area contributed by atoms with E-state index in [2.05, 4.69) is 156 Å². The maximum atomic E-state index is 10.2. The Morgan fingerprint density at radius 3 is 1.70 bits per heavy atom. The molecule has 2 nitrogen and oxygen atoms in total. The number of nitrogens with zero attached hydrogens (tertiary/aromatic N) is 2. The summed E-state index contributed by atoms with van der Waals surface area (Å²) in [4.78, 5) is 0. The minimum Gasteiger partial charge on any atom is -0.309 e. The van der Waals surface area contributed by atoms with Gasteiger partial charge < -0.3 is 4.57 Å². The smallest absolute Gasteiger partial charge is 0.0992 e. The number of hydrogen-bond acceptors (Lipinski definition) is 2. The molecular weight excluding hydrogens is 577 g/mol. The lowest BCUT2D eigenvalue weighted by molar-refractivity contribution is 1.18. The van der Waals surface area contributed by atoms with Crippen molar-refractivity contribution in [2.24, 2.45) is 0 Å². The van der Waals surface area contributed by atoms with Crippen LogP contribution < -0.4 is 0 Å². The van der Waals surface area contributed by atoms with Crippen LogP contribution in [0.4, 0.5) is 0 Å². The van der Waals surface area contributed by atoms with Crippen LogP contribution >= 0.6 is 11.3 Å². The van der Waals surface area contributed by atoms with Gasteiger partial charge in [-0.3, -0.25) is 0 Å². The third-order valence-electron chi connectivity index (χ3n) is 8.97. The third kappa shape index (κ3) is 4.31. The number of hydrogen-bond donors (Lipinski definition) is 0. The molecule has 0 N–H and O–H groups in total. The van der Waals surface area contributed by atoms with E-state index in [9.17, 15) is 5.26 Å². The van der Waals surface area contributed by atoms with Crippen LogP contribution in [0.2, 0.25) is 0 Å². The lowest BCUT2D eigenvalue weighted by atomic mass is 9.92. The highest BCUT2D eigenvalue weighted by atomic mass is 32.1. The number of thiophene rings is 1. The largest absolute Gasteiger partial charge is 0.309 e. The maximum absolute atomic E-state index is 10.2. The van der Waals surface area contributed by atoms with Gasteiger partial charge in [0.05, 0.1) is 22.7 Å². The van der Waals surface area contributed by atoms with Gasteiger partial charge >= 0.3 is 0 Å². The van der Waals surface area contributed by atoms with Crippen LogP contribution in [0.3, 0.4) is 0 Å². The molecule has 9 aromatic rings. The molecule has 0 radical (unpaired) electrons. The minimum atomic E-state index is 0.632. The lowest BCUT2D eigenvalue weighted by Gasteiger charge is -2.14. The summed E-state index contributed by atoms with van der Waals surface area (Å²) in [7, 11) is 0. The summed E-state index contributed by atoms with van der Waals surface area (Å²) >= 11 is 1.84. The van der Waals surface area contributed by atoms with Crippen LogP contribution in [0, 0.1) is 11.3 Å². The molecule has 0 aliphatic heterocycles. The van der Waals surface area contributed by atoms with Gasteiger partial charge in [0.25, 0.3) is 0 Å². The predicted octanol–water partition coefficient (Wildman–Crippen LogP) is 12.0. The van der Waals surface area contributed by atoms with Gasteiger partial charge in [-0.25, -0.2) is 0 Å². The van der Waals surface area contributed by atoms with Gasteiger partial charge in [-0.2, -0.15) is 5.26 Å². The number of nitriles is 1. The second kappa shape index (κ2) is 10.6. The maximum Gasteiger partial charge on any atom is 0.0992 e. The second-order valence-corrected chi connectivity index (χ2v) is 12.8. The van der Waals surface area contributed by atoms with E-state index >= 15 is 0 Å². The molecule has 0 atom stereocenters. The van der Waals surface area contributed by atoms with Gasteiger partial charge in [-0.1, -0.05) is 91.0 Å². The minimum absolute atomic E-state index is 0.632. The SMILES string of the molecule is N#Cc1cc(-c2cc(-c3ccccc3)cc(-c3ccc4sc5ccccc5c4c3)c2)cc(-n2c3ccccc3c3ccccc32)c1. The molecule has 7 aromatic carbocycles. The highest BCUT2D eigenvalue weighted by Crippen LogP contribution is 2.40. The number of benzene rings is 7. The monoisotopic (exact) mass is 602 g/mol. The Balaban J connectivity index is 1.28. The van der Waals surface area contributed by atoms with E-state index in [0.29, 0.717) is 5.56 Å². The highest BCUT2D eigenvalue weighted by Gasteiger charge is 2.15. The Bertz CT molecular complexity index is 2600. The molecule has 0 aliphatic carbocycles. The van der Waals surface area contributed by atoms with Crippen molar-refractivity contribution in [3.63, 3.8) is 0 Å². The van der Waals surface area contributed by atoms with Crippen molar-refractivity contribution in [3.8, 4) is 45.1 Å². The lowest BCUT2D eigenvalue weighted by Crippen LogP contribution is -1.96. The van der Waals surface area contributed by atoms with Crippen LogP contribution in [0.15, 0.2) is 158 Å². The fraction of sp³-hybridized carbons (Fsp3) is 0. The Morgan fingerprint density at radius 1 is 0.413 bits per heavy atom. The molecule has 0 amide bonds. The van der Waals surface area contributed by atoms with Crippen molar-refractivity contribution >= 4 is 53.3 Å². The normalized spacial score (nSPS) is 11.5. The number of para-hydroxylation sites is 2. The van der Waals surface area contributed by atoms with Crippen molar-refractivity contribution in [2.45, 2.75) is 0 Å². The van der Waals surface area contributed by atoms with Gasteiger partial charge in [0.1, 0.15) is 0 Å². The van der Waals surface area contributed by atoms with Crippen molar-refractivity contribution in [3.05, 3.63) is 163 Å². The first-order chi connectivity index (χ1) is 22.7. The van der Waals surface area contributed by atoms with Crippen molar-refractivity contribution in [1.82, 2.24) is 4.57 Å². The zero-order valence-electron chi connectivity index (χ0n) is 24.8. The molecule has 0 saturated carbocycles. The van der Waals surface area contributed by atoms with E-state index in [1.54, 1.807) is 0 Å². The summed E-state index contributed by atoms with van der Waals surface area (Å²) in [6.07, 6.45) is 0. The molecule has 0 saturated heterocycles. The highest BCUT2D eigenvalue weighted by molar-refractivity contribution is 7.25. The molecule has 2 heterocycles. The van der Waals surface area contributed by atoms with Gasteiger partial charge in [-0.05, 0) is 100 Å². The molecule has 46 heavy (non-hydrogen) atoms. The van der Waals surface area contributed by atoms with Gasteiger partial charge in [0.2, 0.25) is 0 Å². The van der Waals surface area contributed by atoms with E-state index in [0.717, 1.165) is 44.5 Å². The van der Waals surface area contributed by atoms with E-state index in [1.807, 2.05) is 23.5 Å². The molecule has 0 fully saturated rings. The van der Waals surface area contributed by atoms with Gasteiger partial charge in [0.15, 0.2) is 0 Å². The molecule has 0 spiro atoms. The fourth-order valence-electron chi connectivity index (χ4n) is 6.84. The summed E-state index contributed by atoms with van der Waals surface area (Å²) in [5.41, 5.74) is 10.6. The summed E-state index contributed by atoms with van der Waals surface area (Å²) in [5.74, 6) is 0. The zero-order valence-corrected chi connectivity index (χ0v) is 25.6. The first-order valence-electron chi connectivity index (χ1n) is 15.4. The van der Waals surface area contributed by atoms with E-state index in [-0.39, 0.29) is 0 Å². The Kier molecular flexibility index (Phi) is 6.09. The van der Waals surface area contributed by atoms with Gasteiger partial charge in [0, 0.05) is 36.6 Å². The quantitative estimate of drug-likeness (QED) is 0.197. The summed E-state index contributed by atoms with van der Waals surface area (Å²) in [6.45, 7) is 0. The number of fused-ring (bicyclic) bond motifs is 6. The first kappa shape index (κ1) is 26.5. The topological polar surface area (TPSA) is 28.7 Å². The van der Waals surface area contributed by atoms with Crippen LogP contribution in [0.5, 0.6) is 0 Å².